The molecule has 0 aliphatic carbocycles. The Morgan fingerprint density at radius 1 is 1.22 bits per heavy atom. The number of aliphatic carboxylic acids is 1. The number of carboxylic acids is 1. The summed E-state index contributed by atoms with van der Waals surface area (Å²) in [6, 6.07) is 11.5. The zero-order valence-corrected chi connectivity index (χ0v) is 21.4. The van der Waals surface area contributed by atoms with Crippen LogP contribution in [0.4, 0.5) is 11.6 Å². The monoisotopic (exact) mass is 494 g/mol. The van der Waals surface area contributed by atoms with Gasteiger partial charge < -0.3 is 25.4 Å². The number of nitrogens with one attached hydrogen (secondary N) is 2. The number of ether oxygens (including phenoxy) is 1. The summed E-state index contributed by atoms with van der Waals surface area (Å²) in [4.78, 5) is 19.1. The molecule has 3 N–H and O–H groups in total. The summed E-state index contributed by atoms with van der Waals surface area (Å²) in [5.41, 5.74) is 3.41. The van der Waals surface area contributed by atoms with E-state index in [0.717, 1.165) is 67.7 Å². The van der Waals surface area contributed by atoms with Gasteiger partial charge in [0.2, 0.25) is 0 Å². The van der Waals surface area contributed by atoms with Crippen molar-refractivity contribution in [1.82, 2.24) is 19.7 Å². The predicted molar refractivity (Wildman–Crippen MR) is 143 cm³/mol. The highest BCUT2D eigenvalue weighted by Gasteiger charge is 2.21. The average Bonchev–Trinajstić information content (AvgIpc) is 3.21. The van der Waals surface area contributed by atoms with Crippen molar-refractivity contribution in [1.29, 1.82) is 0 Å². The largest absolute Gasteiger partial charge is 0.480 e. The van der Waals surface area contributed by atoms with Crippen LogP contribution in [0.3, 0.4) is 0 Å². The first kappa shape index (κ1) is 25.9. The van der Waals surface area contributed by atoms with Crippen LogP contribution < -0.4 is 10.6 Å². The molecule has 1 atom stereocenters. The normalized spacial score (nSPS) is 14.0. The lowest BCUT2D eigenvalue weighted by Crippen LogP contribution is -2.36. The van der Waals surface area contributed by atoms with E-state index < -0.39 is 12.0 Å². The minimum atomic E-state index is -0.872. The number of pyridine rings is 1. The van der Waals surface area contributed by atoms with Gasteiger partial charge >= 0.3 is 5.97 Å². The molecule has 2 aromatic heterocycles. The Morgan fingerprint density at radius 3 is 2.92 bits per heavy atom. The molecule has 0 amide bonds. The van der Waals surface area contributed by atoms with Crippen molar-refractivity contribution in [3.8, 4) is 0 Å². The summed E-state index contributed by atoms with van der Waals surface area (Å²) in [6.45, 7) is 3.95. The van der Waals surface area contributed by atoms with E-state index in [1.165, 1.54) is 12.0 Å². The SMILES string of the molecule is COCCN(CCCCc1ccc2c(n1)NCCC2)CC[C@H](Nc1nn(C)c2ccccc12)C(=O)O. The Kier molecular flexibility index (Phi) is 9.13. The first-order valence-electron chi connectivity index (χ1n) is 12.9. The highest BCUT2D eigenvalue weighted by atomic mass is 16.5. The van der Waals surface area contributed by atoms with Crippen LogP contribution in [0.25, 0.3) is 10.9 Å². The third-order valence-corrected chi connectivity index (χ3v) is 6.82. The highest BCUT2D eigenvalue weighted by Crippen LogP contribution is 2.23. The lowest BCUT2D eigenvalue weighted by molar-refractivity contribution is -0.138. The third kappa shape index (κ3) is 6.73. The van der Waals surface area contributed by atoms with E-state index in [2.05, 4.69) is 32.8 Å². The van der Waals surface area contributed by atoms with Crippen LogP contribution in [-0.2, 0) is 29.4 Å². The van der Waals surface area contributed by atoms with Crippen LogP contribution in [0, 0.1) is 0 Å². The molecule has 4 rings (SSSR count). The van der Waals surface area contributed by atoms with E-state index in [0.29, 0.717) is 25.4 Å². The summed E-state index contributed by atoms with van der Waals surface area (Å²) >= 11 is 0. The number of nitrogens with zero attached hydrogens (tertiary/aromatic N) is 4. The van der Waals surface area contributed by atoms with Gasteiger partial charge in [0.25, 0.3) is 0 Å². The summed E-state index contributed by atoms with van der Waals surface area (Å²) in [5.74, 6) is 0.785. The molecular weight excluding hydrogens is 456 g/mol. The van der Waals surface area contributed by atoms with Crippen LogP contribution in [0.15, 0.2) is 36.4 Å². The van der Waals surface area contributed by atoms with Gasteiger partial charge in [0, 0.05) is 44.9 Å². The zero-order chi connectivity index (χ0) is 25.3. The van der Waals surface area contributed by atoms with Crippen LogP contribution >= 0.6 is 0 Å². The molecule has 194 valence electrons. The van der Waals surface area contributed by atoms with Crippen molar-refractivity contribution in [2.75, 3.05) is 50.5 Å². The molecule has 0 spiro atoms. The molecule has 1 aliphatic heterocycles. The second kappa shape index (κ2) is 12.7. The van der Waals surface area contributed by atoms with Gasteiger partial charge in [-0.1, -0.05) is 18.2 Å². The number of carboxylic acid groups (broad SMARTS) is 1. The maximum Gasteiger partial charge on any atom is 0.326 e. The molecule has 3 heterocycles. The molecule has 0 saturated carbocycles. The second-order valence-corrected chi connectivity index (χ2v) is 9.45. The van der Waals surface area contributed by atoms with Gasteiger partial charge in [0.15, 0.2) is 5.82 Å². The van der Waals surface area contributed by atoms with E-state index in [-0.39, 0.29) is 0 Å². The standard InChI is InChI=1S/C27H38N6O3/c1-32-24-11-4-3-10-22(24)26(31-32)30-23(27(34)35)14-17-33(18-19-36-2)16-6-5-9-21-13-12-20-8-7-15-28-25(20)29-21/h3-4,10-13,23H,5-9,14-19H2,1-2H3,(H,28,29)(H,30,31)(H,34,35)/t23-/m0/s1. The number of para-hydroxylation sites is 1. The molecule has 3 aromatic rings. The Morgan fingerprint density at radius 2 is 2.08 bits per heavy atom. The molecule has 0 saturated heterocycles. The number of fused-ring (bicyclic) bond motifs is 2. The molecular formula is C27H38N6O3. The summed E-state index contributed by atoms with van der Waals surface area (Å²) in [6.07, 6.45) is 5.75. The van der Waals surface area contributed by atoms with E-state index in [1.807, 2.05) is 31.3 Å². The number of rotatable bonds is 14. The Hall–Kier alpha value is -3.17. The Balaban J connectivity index is 1.29. The number of hydrogen-bond acceptors (Lipinski definition) is 7. The number of hydrogen-bond donors (Lipinski definition) is 3. The van der Waals surface area contributed by atoms with Crippen molar-refractivity contribution >= 4 is 28.5 Å². The topological polar surface area (TPSA) is 105 Å². The maximum atomic E-state index is 12.0. The molecule has 9 heteroatoms. The highest BCUT2D eigenvalue weighted by molar-refractivity contribution is 5.91. The van der Waals surface area contributed by atoms with Gasteiger partial charge in [-0.25, -0.2) is 9.78 Å². The predicted octanol–water partition coefficient (Wildman–Crippen LogP) is 3.55. The van der Waals surface area contributed by atoms with Crippen molar-refractivity contribution in [2.24, 2.45) is 7.05 Å². The lowest BCUT2D eigenvalue weighted by atomic mass is 10.1. The van der Waals surface area contributed by atoms with Gasteiger partial charge in [0.05, 0.1) is 12.1 Å². The van der Waals surface area contributed by atoms with Gasteiger partial charge in [0.1, 0.15) is 11.9 Å². The van der Waals surface area contributed by atoms with Crippen molar-refractivity contribution < 1.29 is 14.6 Å². The van der Waals surface area contributed by atoms with Crippen molar-refractivity contribution in [3.63, 3.8) is 0 Å². The van der Waals surface area contributed by atoms with E-state index in [4.69, 9.17) is 9.72 Å². The zero-order valence-electron chi connectivity index (χ0n) is 21.4. The van der Waals surface area contributed by atoms with Crippen molar-refractivity contribution in [2.45, 2.75) is 44.6 Å². The number of benzene rings is 1. The van der Waals surface area contributed by atoms with E-state index in [9.17, 15) is 9.90 Å². The average molecular weight is 495 g/mol. The lowest BCUT2D eigenvalue weighted by Gasteiger charge is -2.24. The van der Waals surface area contributed by atoms with Gasteiger partial charge in [-0.15, -0.1) is 0 Å². The molecule has 0 bridgehead atoms. The molecule has 36 heavy (non-hydrogen) atoms. The van der Waals surface area contributed by atoms with Crippen LogP contribution in [0.1, 0.15) is 36.9 Å². The Bertz CT molecular complexity index is 1150. The summed E-state index contributed by atoms with van der Waals surface area (Å²) in [5, 5.41) is 21.9. The van der Waals surface area contributed by atoms with Gasteiger partial charge in [-0.05, 0) is 68.8 Å². The quantitative estimate of drug-likeness (QED) is 0.292. The third-order valence-electron chi connectivity index (χ3n) is 6.82. The van der Waals surface area contributed by atoms with E-state index >= 15 is 0 Å². The molecule has 1 aliphatic rings. The summed E-state index contributed by atoms with van der Waals surface area (Å²) < 4.78 is 7.07. The van der Waals surface area contributed by atoms with Crippen LogP contribution in [0.2, 0.25) is 0 Å². The number of anilines is 2. The number of aryl methyl sites for hydroxylation is 3. The number of carbonyl (C=O) groups is 1. The first-order valence-corrected chi connectivity index (χ1v) is 12.9. The fraction of sp³-hybridized carbons (Fsp3) is 0.519. The van der Waals surface area contributed by atoms with Gasteiger partial charge in [-0.3, -0.25) is 4.68 Å². The molecule has 0 fully saturated rings. The smallest absolute Gasteiger partial charge is 0.326 e. The van der Waals surface area contributed by atoms with E-state index in [1.54, 1.807) is 11.8 Å². The minimum absolute atomic E-state index is 0.474. The second-order valence-electron chi connectivity index (χ2n) is 9.45. The first-order chi connectivity index (χ1) is 17.5. The molecule has 0 radical (unpaired) electrons. The number of methoxy groups -OCH3 is 1. The molecule has 0 unspecified atom stereocenters. The maximum absolute atomic E-state index is 12.0. The molecule has 9 nitrogen and oxygen atoms in total. The van der Waals surface area contributed by atoms with Crippen LogP contribution in [0.5, 0.6) is 0 Å². The Labute approximate surface area is 212 Å². The van der Waals surface area contributed by atoms with Gasteiger partial charge in [-0.2, -0.15) is 5.10 Å². The number of unbranched alkanes of at least 4 members (excludes halogenated alkanes) is 1. The van der Waals surface area contributed by atoms with Crippen molar-refractivity contribution in [3.05, 3.63) is 47.7 Å². The fourth-order valence-corrected chi connectivity index (χ4v) is 4.76. The summed E-state index contributed by atoms with van der Waals surface area (Å²) in [7, 11) is 3.56. The van der Waals surface area contributed by atoms with Crippen LogP contribution in [-0.4, -0.2) is 76.7 Å². The minimum Gasteiger partial charge on any atom is -0.480 e. The number of aromatic nitrogens is 3. The fourth-order valence-electron chi connectivity index (χ4n) is 4.76. The molecule has 1 aromatic carbocycles.